The number of hydrogen-bond acceptors (Lipinski definition) is 2. The molecule has 20 heavy (non-hydrogen) atoms. The first-order chi connectivity index (χ1) is 9.72. The van der Waals surface area contributed by atoms with E-state index in [2.05, 4.69) is 36.1 Å². The van der Waals surface area contributed by atoms with Gasteiger partial charge in [-0.15, -0.1) is 0 Å². The predicted molar refractivity (Wildman–Crippen MR) is 82.8 cm³/mol. The molecule has 2 saturated carbocycles. The van der Waals surface area contributed by atoms with Crippen molar-refractivity contribution >= 4 is 0 Å². The van der Waals surface area contributed by atoms with E-state index in [9.17, 15) is 0 Å². The Kier molecular flexibility index (Phi) is 4.45. The van der Waals surface area contributed by atoms with Crippen LogP contribution in [-0.4, -0.2) is 22.4 Å². The molecule has 3 nitrogen and oxygen atoms in total. The summed E-state index contributed by atoms with van der Waals surface area (Å²) < 4.78 is 2.09. The Morgan fingerprint density at radius 1 is 1.20 bits per heavy atom. The van der Waals surface area contributed by atoms with Gasteiger partial charge in [0.2, 0.25) is 0 Å². The van der Waals surface area contributed by atoms with E-state index in [0.717, 1.165) is 17.9 Å². The van der Waals surface area contributed by atoms with Gasteiger partial charge in [-0.05, 0) is 70.4 Å². The summed E-state index contributed by atoms with van der Waals surface area (Å²) in [6.45, 7) is 5.62. The molecular weight excluding hydrogens is 246 g/mol. The number of rotatable bonds is 6. The molecule has 2 aliphatic carbocycles. The summed E-state index contributed by atoms with van der Waals surface area (Å²) in [7, 11) is 0. The van der Waals surface area contributed by atoms with Gasteiger partial charge in [-0.1, -0.05) is 12.8 Å². The van der Waals surface area contributed by atoms with Crippen molar-refractivity contribution in [3.63, 3.8) is 0 Å². The maximum Gasteiger partial charge on any atom is 0.0627 e. The van der Waals surface area contributed by atoms with Gasteiger partial charge in [-0.3, -0.25) is 4.68 Å². The summed E-state index contributed by atoms with van der Waals surface area (Å²) in [5.74, 6) is 1.71. The highest BCUT2D eigenvalue weighted by Crippen LogP contribution is 2.32. The van der Waals surface area contributed by atoms with Crippen LogP contribution < -0.4 is 5.32 Å². The van der Waals surface area contributed by atoms with Crippen molar-refractivity contribution in [2.45, 2.75) is 70.9 Å². The first-order valence-corrected chi connectivity index (χ1v) is 8.50. The summed E-state index contributed by atoms with van der Waals surface area (Å²) >= 11 is 0. The van der Waals surface area contributed by atoms with Gasteiger partial charge in [0.05, 0.1) is 5.69 Å². The van der Waals surface area contributed by atoms with E-state index in [-0.39, 0.29) is 0 Å². The van der Waals surface area contributed by atoms with Gasteiger partial charge in [0.1, 0.15) is 0 Å². The van der Waals surface area contributed by atoms with E-state index in [4.69, 9.17) is 5.10 Å². The minimum atomic E-state index is 0.474. The van der Waals surface area contributed by atoms with Crippen molar-refractivity contribution in [1.82, 2.24) is 15.1 Å². The molecule has 0 aromatic carbocycles. The molecule has 0 radical (unpaired) electrons. The highest BCUT2D eigenvalue weighted by Gasteiger charge is 2.28. The van der Waals surface area contributed by atoms with Gasteiger partial charge >= 0.3 is 0 Å². The Balaban J connectivity index is 1.56. The minimum Gasteiger partial charge on any atom is -0.314 e. The molecule has 1 aromatic rings. The van der Waals surface area contributed by atoms with E-state index in [1.165, 1.54) is 57.2 Å². The SMILES string of the molecule is CC(C)n1ccc(CC2CCCCC2CNC2CC2)n1. The van der Waals surface area contributed by atoms with Crippen LogP contribution in [0.5, 0.6) is 0 Å². The lowest BCUT2D eigenvalue weighted by Crippen LogP contribution is -2.32. The Labute approximate surface area is 123 Å². The fraction of sp³-hybridized carbons (Fsp3) is 0.824. The number of aromatic nitrogens is 2. The number of hydrogen-bond donors (Lipinski definition) is 1. The van der Waals surface area contributed by atoms with Gasteiger partial charge in [0, 0.05) is 18.3 Å². The zero-order valence-electron chi connectivity index (χ0n) is 13.0. The maximum absolute atomic E-state index is 4.74. The van der Waals surface area contributed by atoms with Crippen LogP contribution in [0.1, 0.15) is 64.1 Å². The second-order valence-corrected chi connectivity index (χ2v) is 7.07. The third-order valence-electron chi connectivity index (χ3n) is 4.98. The maximum atomic E-state index is 4.74. The molecule has 0 amide bonds. The summed E-state index contributed by atoms with van der Waals surface area (Å²) in [6, 6.07) is 3.54. The van der Waals surface area contributed by atoms with Gasteiger partial charge in [0.25, 0.3) is 0 Å². The van der Waals surface area contributed by atoms with Gasteiger partial charge < -0.3 is 5.32 Å². The molecule has 2 atom stereocenters. The van der Waals surface area contributed by atoms with Crippen LogP contribution in [0.4, 0.5) is 0 Å². The molecule has 0 aliphatic heterocycles. The molecule has 0 saturated heterocycles. The lowest BCUT2D eigenvalue weighted by atomic mass is 9.77. The lowest BCUT2D eigenvalue weighted by Gasteiger charge is -2.31. The fourth-order valence-electron chi connectivity index (χ4n) is 3.47. The second-order valence-electron chi connectivity index (χ2n) is 7.07. The first kappa shape index (κ1) is 14.1. The van der Waals surface area contributed by atoms with E-state index < -0.39 is 0 Å². The quantitative estimate of drug-likeness (QED) is 0.860. The Bertz CT molecular complexity index is 420. The van der Waals surface area contributed by atoms with Crippen LogP contribution >= 0.6 is 0 Å². The lowest BCUT2D eigenvalue weighted by molar-refractivity contribution is 0.226. The summed E-state index contributed by atoms with van der Waals surface area (Å²) in [5.41, 5.74) is 1.29. The molecule has 112 valence electrons. The van der Waals surface area contributed by atoms with Crippen molar-refractivity contribution in [2.24, 2.45) is 11.8 Å². The standard InChI is InChI=1S/C17H29N3/c1-13(2)20-10-9-17(19-20)11-14-5-3-4-6-15(14)12-18-16-7-8-16/h9-10,13-16,18H,3-8,11-12H2,1-2H3. The molecule has 0 bridgehead atoms. The average Bonchev–Trinajstić information content (AvgIpc) is 3.15. The van der Waals surface area contributed by atoms with Crippen LogP contribution in [0.15, 0.2) is 12.3 Å². The van der Waals surface area contributed by atoms with Crippen LogP contribution in [0.25, 0.3) is 0 Å². The highest BCUT2D eigenvalue weighted by molar-refractivity contribution is 5.02. The minimum absolute atomic E-state index is 0.474. The molecule has 1 N–H and O–H groups in total. The van der Waals surface area contributed by atoms with E-state index in [1.807, 2.05) is 0 Å². The van der Waals surface area contributed by atoms with Gasteiger partial charge in [0.15, 0.2) is 0 Å². The molecule has 0 spiro atoms. The van der Waals surface area contributed by atoms with Gasteiger partial charge in [-0.25, -0.2) is 0 Å². The molecule has 2 unspecified atom stereocenters. The molecule has 3 heteroatoms. The number of nitrogens with one attached hydrogen (secondary N) is 1. The van der Waals surface area contributed by atoms with Crippen molar-refractivity contribution in [3.05, 3.63) is 18.0 Å². The highest BCUT2D eigenvalue weighted by atomic mass is 15.3. The van der Waals surface area contributed by atoms with Crippen LogP contribution in [0, 0.1) is 11.8 Å². The first-order valence-electron chi connectivity index (χ1n) is 8.50. The monoisotopic (exact) mass is 275 g/mol. The van der Waals surface area contributed by atoms with E-state index in [0.29, 0.717) is 6.04 Å². The van der Waals surface area contributed by atoms with E-state index >= 15 is 0 Å². The molecular formula is C17H29N3. The average molecular weight is 275 g/mol. The zero-order chi connectivity index (χ0) is 13.9. The fourth-order valence-corrected chi connectivity index (χ4v) is 3.47. The normalized spacial score (nSPS) is 27.1. The topological polar surface area (TPSA) is 29.9 Å². The van der Waals surface area contributed by atoms with Crippen molar-refractivity contribution in [1.29, 1.82) is 0 Å². The Hall–Kier alpha value is -0.830. The van der Waals surface area contributed by atoms with Crippen molar-refractivity contribution < 1.29 is 0 Å². The largest absolute Gasteiger partial charge is 0.314 e. The third kappa shape index (κ3) is 3.63. The predicted octanol–water partition coefficient (Wildman–Crippen LogP) is 3.56. The van der Waals surface area contributed by atoms with Crippen LogP contribution in [0.2, 0.25) is 0 Å². The van der Waals surface area contributed by atoms with Crippen molar-refractivity contribution in [2.75, 3.05) is 6.54 Å². The molecule has 1 aromatic heterocycles. The molecule has 2 fully saturated rings. The summed E-state index contributed by atoms with van der Waals surface area (Å²) in [4.78, 5) is 0. The summed E-state index contributed by atoms with van der Waals surface area (Å²) in [6.07, 6.45) is 11.8. The molecule has 2 aliphatic rings. The van der Waals surface area contributed by atoms with Crippen LogP contribution in [0.3, 0.4) is 0 Å². The Morgan fingerprint density at radius 2 is 1.95 bits per heavy atom. The van der Waals surface area contributed by atoms with Crippen molar-refractivity contribution in [3.8, 4) is 0 Å². The second kappa shape index (κ2) is 6.30. The number of nitrogens with zero attached hydrogens (tertiary/aromatic N) is 2. The Morgan fingerprint density at radius 3 is 2.60 bits per heavy atom. The molecule has 1 heterocycles. The van der Waals surface area contributed by atoms with Gasteiger partial charge in [-0.2, -0.15) is 5.10 Å². The third-order valence-corrected chi connectivity index (χ3v) is 4.98. The zero-order valence-corrected chi connectivity index (χ0v) is 13.0. The molecule has 3 rings (SSSR count). The smallest absolute Gasteiger partial charge is 0.0627 e. The summed E-state index contributed by atoms with van der Waals surface area (Å²) in [5, 5.41) is 8.48. The van der Waals surface area contributed by atoms with Crippen LogP contribution in [-0.2, 0) is 6.42 Å². The van der Waals surface area contributed by atoms with E-state index in [1.54, 1.807) is 0 Å².